The van der Waals surface area contributed by atoms with E-state index in [2.05, 4.69) is 0 Å². The zero-order valence-corrected chi connectivity index (χ0v) is 12.1. The maximum absolute atomic E-state index is 12.2. The van der Waals surface area contributed by atoms with E-state index in [0.29, 0.717) is 13.2 Å². The van der Waals surface area contributed by atoms with Crippen LogP contribution in [0.5, 0.6) is 0 Å². The maximum Gasteiger partial charge on any atom is 0.412 e. The number of hydrogen-bond acceptors (Lipinski definition) is 3. The molecule has 0 aromatic heterocycles. The summed E-state index contributed by atoms with van der Waals surface area (Å²) in [6.07, 6.45) is 3.76. The van der Waals surface area contributed by atoms with E-state index in [1.807, 2.05) is 37.3 Å². The van der Waals surface area contributed by atoms with E-state index in [-0.39, 0.29) is 12.3 Å². The van der Waals surface area contributed by atoms with Crippen molar-refractivity contribution in [2.24, 2.45) is 0 Å². The molecule has 4 heteroatoms. The summed E-state index contributed by atoms with van der Waals surface area (Å²) in [5.41, 5.74) is 1.00. The average molecular weight is 277 g/mol. The van der Waals surface area contributed by atoms with Gasteiger partial charge in [0.2, 0.25) is 0 Å². The van der Waals surface area contributed by atoms with Gasteiger partial charge in [0.1, 0.15) is 12.8 Å². The number of benzene rings is 1. The van der Waals surface area contributed by atoms with Crippen molar-refractivity contribution in [1.82, 2.24) is 4.90 Å². The van der Waals surface area contributed by atoms with Crippen LogP contribution in [0.25, 0.3) is 0 Å². The summed E-state index contributed by atoms with van der Waals surface area (Å²) < 4.78 is 11.1. The van der Waals surface area contributed by atoms with E-state index < -0.39 is 0 Å². The third kappa shape index (κ3) is 4.23. The van der Waals surface area contributed by atoms with Crippen LogP contribution in [0, 0.1) is 0 Å². The second-order valence-electron chi connectivity index (χ2n) is 4.99. The van der Waals surface area contributed by atoms with E-state index >= 15 is 0 Å². The van der Waals surface area contributed by atoms with Crippen molar-refractivity contribution < 1.29 is 14.3 Å². The highest BCUT2D eigenvalue weighted by atomic mass is 16.6. The van der Waals surface area contributed by atoms with Crippen LogP contribution < -0.4 is 0 Å². The van der Waals surface area contributed by atoms with Crippen LogP contribution in [0.15, 0.2) is 30.3 Å². The molecule has 0 aliphatic carbocycles. The van der Waals surface area contributed by atoms with Crippen LogP contribution in [-0.4, -0.2) is 30.4 Å². The van der Waals surface area contributed by atoms with Crippen LogP contribution in [0.1, 0.15) is 38.2 Å². The van der Waals surface area contributed by atoms with Crippen molar-refractivity contribution in [2.45, 2.75) is 45.4 Å². The number of nitrogens with zero attached hydrogens (tertiary/aromatic N) is 1. The number of carbonyl (C=O) groups is 1. The Morgan fingerprint density at radius 1 is 1.25 bits per heavy atom. The fraction of sp³-hybridized carbons (Fsp3) is 0.562. The molecule has 1 saturated heterocycles. The minimum Gasteiger partial charge on any atom is -0.444 e. The molecule has 1 atom stereocenters. The lowest BCUT2D eigenvalue weighted by atomic mass is 10.2. The highest BCUT2D eigenvalue weighted by Gasteiger charge is 2.26. The largest absolute Gasteiger partial charge is 0.444 e. The molecule has 0 bridgehead atoms. The molecule has 0 saturated carbocycles. The predicted molar refractivity (Wildman–Crippen MR) is 77.2 cm³/mol. The first kappa shape index (κ1) is 14.9. The monoisotopic (exact) mass is 277 g/mol. The topological polar surface area (TPSA) is 38.8 Å². The molecule has 0 spiro atoms. The predicted octanol–water partition coefficient (Wildman–Crippen LogP) is 3.56. The van der Waals surface area contributed by atoms with E-state index in [1.165, 1.54) is 0 Å². The minimum absolute atomic E-state index is 0.134. The molecule has 4 nitrogen and oxygen atoms in total. The molecule has 1 heterocycles. The van der Waals surface area contributed by atoms with Crippen molar-refractivity contribution in [1.29, 1.82) is 0 Å². The van der Waals surface area contributed by atoms with Crippen molar-refractivity contribution in [2.75, 3.05) is 13.2 Å². The lowest BCUT2D eigenvalue weighted by Gasteiger charge is -2.28. The molecule has 0 N–H and O–H groups in total. The first-order valence-corrected chi connectivity index (χ1v) is 7.40. The Labute approximate surface area is 120 Å². The second kappa shape index (κ2) is 7.90. The summed E-state index contributed by atoms with van der Waals surface area (Å²) in [5, 5.41) is 0. The van der Waals surface area contributed by atoms with Crippen molar-refractivity contribution >= 4 is 6.09 Å². The summed E-state index contributed by atoms with van der Waals surface area (Å²) in [6, 6.07) is 9.74. The van der Waals surface area contributed by atoms with Gasteiger partial charge in [-0.3, -0.25) is 4.90 Å². The molecule has 1 aromatic rings. The van der Waals surface area contributed by atoms with Crippen LogP contribution in [0.3, 0.4) is 0 Å². The first-order valence-electron chi connectivity index (χ1n) is 7.40. The van der Waals surface area contributed by atoms with E-state index in [4.69, 9.17) is 9.47 Å². The Morgan fingerprint density at radius 3 is 2.80 bits per heavy atom. The summed E-state index contributed by atoms with van der Waals surface area (Å²) in [7, 11) is 0. The molecule has 0 radical (unpaired) electrons. The summed E-state index contributed by atoms with van der Waals surface area (Å²) >= 11 is 0. The van der Waals surface area contributed by atoms with Crippen molar-refractivity contribution in [3.63, 3.8) is 0 Å². The third-order valence-corrected chi connectivity index (χ3v) is 3.50. The average Bonchev–Trinajstić information content (AvgIpc) is 2.72. The standard InChI is InChI=1S/C16H23NO3/c1-2-19-15-11-7-4-8-12-17(15)16(18)20-13-14-9-5-3-6-10-14/h3,5-6,9-10,15H,2,4,7-8,11-13H2,1H3. The molecule has 1 unspecified atom stereocenters. The lowest BCUT2D eigenvalue weighted by molar-refractivity contribution is -0.0500. The zero-order valence-electron chi connectivity index (χ0n) is 12.1. The Morgan fingerprint density at radius 2 is 2.05 bits per heavy atom. The summed E-state index contributed by atoms with van der Waals surface area (Å²) in [5.74, 6) is 0. The number of amides is 1. The van der Waals surface area contributed by atoms with Crippen LogP contribution in [0.4, 0.5) is 4.79 Å². The highest BCUT2D eigenvalue weighted by molar-refractivity contribution is 5.67. The van der Waals surface area contributed by atoms with Crippen molar-refractivity contribution in [3.8, 4) is 0 Å². The zero-order chi connectivity index (χ0) is 14.2. The molecule has 110 valence electrons. The van der Waals surface area contributed by atoms with E-state index in [1.54, 1.807) is 4.90 Å². The lowest BCUT2D eigenvalue weighted by Crippen LogP contribution is -2.41. The Hall–Kier alpha value is -1.55. The number of carbonyl (C=O) groups excluding carboxylic acids is 1. The molecule has 1 aromatic carbocycles. The molecular formula is C16H23NO3. The third-order valence-electron chi connectivity index (χ3n) is 3.50. The molecule has 1 aliphatic heterocycles. The fourth-order valence-corrected chi connectivity index (χ4v) is 2.45. The first-order chi connectivity index (χ1) is 9.81. The van der Waals surface area contributed by atoms with Gasteiger partial charge in [0.15, 0.2) is 0 Å². The van der Waals surface area contributed by atoms with Gasteiger partial charge in [-0.05, 0) is 31.7 Å². The molecule has 20 heavy (non-hydrogen) atoms. The minimum atomic E-state index is -0.269. The maximum atomic E-state index is 12.2. The number of hydrogen-bond donors (Lipinski definition) is 0. The van der Waals surface area contributed by atoms with Gasteiger partial charge >= 0.3 is 6.09 Å². The highest BCUT2D eigenvalue weighted by Crippen LogP contribution is 2.19. The molecule has 1 amide bonds. The summed E-state index contributed by atoms with van der Waals surface area (Å²) in [4.78, 5) is 14.0. The van der Waals surface area contributed by atoms with Gasteiger partial charge < -0.3 is 9.47 Å². The fourth-order valence-electron chi connectivity index (χ4n) is 2.45. The Kier molecular flexibility index (Phi) is 5.87. The molecular weight excluding hydrogens is 254 g/mol. The number of likely N-dealkylation sites (tertiary alicyclic amines) is 1. The normalized spacial score (nSPS) is 19.4. The van der Waals surface area contributed by atoms with Gasteiger partial charge in [0.25, 0.3) is 0 Å². The quantitative estimate of drug-likeness (QED) is 0.844. The van der Waals surface area contributed by atoms with Gasteiger partial charge in [-0.2, -0.15) is 0 Å². The summed E-state index contributed by atoms with van der Waals surface area (Å²) in [6.45, 7) is 3.61. The number of ether oxygens (including phenoxy) is 2. The van der Waals surface area contributed by atoms with Crippen LogP contribution in [-0.2, 0) is 16.1 Å². The van der Waals surface area contributed by atoms with Gasteiger partial charge in [-0.1, -0.05) is 36.8 Å². The van der Waals surface area contributed by atoms with E-state index in [9.17, 15) is 4.79 Å². The van der Waals surface area contributed by atoms with Gasteiger partial charge in [0.05, 0.1) is 0 Å². The van der Waals surface area contributed by atoms with Crippen LogP contribution >= 0.6 is 0 Å². The van der Waals surface area contributed by atoms with Gasteiger partial charge in [-0.15, -0.1) is 0 Å². The van der Waals surface area contributed by atoms with E-state index in [0.717, 1.165) is 37.8 Å². The second-order valence-corrected chi connectivity index (χ2v) is 4.99. The van der Waals surface area contributed by atoms with Crippen molar-refractivity contribution in [3.05, 3.63) is 35.9 Å². The van der Waals surface area contributed by atoms with Gasteiger partial charge in [0, 0.05) is 13.2 Å². The number of rotatable bonds is 4. The molecule has 1 fully saturated rings. The SMILES string of the molecule is CCOC1CCCCCN1C(=O)OCc1ccccc1. The Bertz CT molecular complexity index is 407. The Balaban J connectivity index is 1.91. The molecule has 1 aliphatic rings. The van der Waals surface area contributed by atoms with Crippen LogP contribution in [0.2, 0.25) is 0 Å². The van der Waals surface area contributed by atoms with Gasteiger partial charge in [-0.25, -0.2) is 4.79 Å². The smallest absolute Gasteiger partial charge is 0.412 e. The molecule has 2 rings (SSSR count).